The summed E-state index contributed by atoms with van der Waals surface area (Å²) in [5, 5.41) is 11.5. The maximum Gasteiger partial charge on any atom is 0.274 e. The minimum absolute atomic E-state index is 0.00961. The second-order valence-corrected chi connectivity index (χ2v) is 8.14. The van der Waals surface area contributed by atoms with Crippen molar-refractivity contribution in [1.29, 1.82) is 0 Å². The number of nitrogens with zero attached hydrogens (tertiary/aromatic N) is 4. The van der Waals surface area contributed by atoms with Gasteiger partial charge in [-0.3, -0.25) is 14.9 Å². The molecule has 3 atom stereocenters. The average Bonchev–Trinajstić information content (AvgIpc) is 3.16. The third-order valence-corrected chi connectivity index (χ3v) is 6.05. The standard InChI is InChI=1S/C21H23N5O2/c1-11(2)16-8-17(24-23-16)21(27)26-9-13-14(10-26)19(13)20-18(12(3)28-25-20)15-6-4-5-7-22-15/h4-8,11,13-14,19H,9-10H2,1-3H3,(H,23,24)/t13-,14+,19?. The second-order valence-electron chi connectivity index (χ2n) is 8.14. The van der Waals surface area contributed by atoms with Crippen molar-refractivity contribution >= 4 is 5.91 Å². The van der Waals surface area contributed by atoms with Gasteiger partial charge in [-0.15, -0.1) is 0 Å². The predicted octanol–water partition coefficient (Wildman–Crippen LogP) is 3.38. The number of hydrogen-bond acceptors (Lipinski definition) is 5. The van der Waals surface area contributed by atoms with E-state index in [1.54, 1.807) is 6.20 Å². The van der Waals surface area contributed by atoms with Gasteiger partial charge in [0.15, 0.2) is 0 Å². The highest BCUT2D eigenvalue weighted by molar-refractivity contribution is 5.92. The number of piperidine rings is 1. The van der Waals surface area contributed by atoms with E-state index in [-0.39, 0.29) is 5.91 Å². The number of H-pyrrole nitrogens is 1. The van der Waals surface area contributed by atoms with Crippen LogP contribution in [0, 0.1) is 18.8 Å². The number of rotatable bonds is 4. The number of amides is 1. The van der Waals surface area contributed by atoms with Gasteiger partial charge in [0.25, 0.3) is 5.91 Å². The first kappa shape index (κ1) is 17.2. The molecule has 1 saturated carbocycles. The van der Waals surface area contributed by atoms with E-state index in [1.165, 1.54) is 0 Å². The highest BCUT2D eigenvalue weighted by atomic mass is 16.5. The van der Waals surface area contributed by atoms with E-state index in [1.807, 2.05) is 36.1 Å². The summed E-state index contributed by atoms with van der Waals surface area (Å²) in [4.78, 5) is 19.2. The van der Waals surface area contributed by atoms with Crippen LogP contribution in [0.25, 0.3) is 11.3 Å². The molecule has 28 heavy (non-hydrogen) atoms. The minimum Gasteiger partial charge on any atom is -0.361 e. The highest BCUT2D eigenvalue weighted by Gasteiger charge is 2.59. The number of aromatic nitrogens is 4. The van der Waals surface area contributed by atoms with Crippen molar-refractivity contribution in [2.75, 3.05) is 13.1 Å². The Bertz CT molecular complexity index is 1010. The van der Waals surface area contributed by atoms with Gasteiger partial charge in [-0.05, 0) is 42.9 Å². The monoisotopic (exact) mass is 377 g/mol. The Morgan fingerprint density at radius 1 is 1.29 bits per heavy atom. The van der Waals surface area contributed by atoms with Gasteiger partial charge >= 0.3 is 0 Å². The van der Waals surface area contributed by atoms with Crippen LogP contribution in [0.3, 0.4) is 0 Å². The number of nitrogens with one attached hydrogen (secondary N) is 1. The molecule has 1 amide bonds. The number of carbonyl (C=O) groups is 1. The van der Waals surface area contributed by atoms with Crippen molar-refractivity contribution in [3.05, 3.63) is 53.3 Å². The molecule has 7 heteroatoms. The molecule has 0 bridgehead atoms. The number of carbonyl (C=O) groups excluding carboxylic acids is 1. The van der Waals surface area contributed by atoms with Crippen LogP contribution in [0.1, 0.15) is 53.3 Å². The Hall–Kier alpha value is -2.96. The highest BCUT2D eigenvalue weighted by Crippen LogP contribution is 2.59. The molecule has 4 heterocycles. The van der Waals surface area contributed by atoms with E-state index in [0.29, 0.717) is 29.4 Å². The molecule has 2 fully saturated rings. The summed E-state index contributed by atoms with van der Waals surface area (Å²) in [6.07, 6.45) is 1.79. The molecule has 2 aliphatic rings. The van der Waals surface area contributed by atoms with Crippen molar-refractivity contribution in [2.24, 2.45) is 11.8 Å². The molecule has 144 valence electrons. The number of aromatic amines is 1. The zero-order valence-electron chi connectivity index (χ0n) is 16.2. The van der Waals surface area contributed by atoms with Gasteiger partial charge in [-0.1, -0.05) is 25.1 Å². The topological polar surface area (TPSA) is 87.9 Å². The van der Waals surface area contributed by atoms with Gasteiger partial charge in [-0.25, -0.2) is 0 Å². The van der Waals surface area contributed by atoms with Gasteiger partial charge in [0.05, 0.1) is 17.0 Å². The minimum atomic E-state index is 0.00961. The Labute approximate surface area is 163 Å². The molecule has 1 N–H and O–H groups in total. The molecule has 1 saturated heterocycles. The summed E-state index contributed by atoms with van der Waals surface area (Å²) in [5.41, 5.74) is 4.38. The molecule has 3 aromatic rings. The molecule has 1 aliphatic carbocycles. The second kappa shape index (κ2) is 6.29. The van der Waals surface area contributed by atoms with Gasteiger partial charge in [0.1, 0.15) is 11.5 Å². The van der Waals surface area contributed by atoms with Crippen LogP contribution in [0.2, 0.25) is 0 Å². The van der Waals surface area contributed by atoms with Crippen LogP contribution in [0.5, 0.6) is 0 Å². The maximum absolute atomic E-state index is 12.8. The number of aryl methyl sites for hydroxylation is 1. The van der Waals surface area contributed by atoms with Crippen LogP contribution < -0.4 is 0 Å². The van der Waals surface area contributed by atoms with Crippen molar-refractivity contribution in [3.8, 4) is 11.3 Å². The van der Waals surface area contributed by atoms with E-state index in [0.717, 1.165) is 41.5 Å². The molecule has 7 nitrogen and oxygen atoms in total. The summed E-state index contributed by atoms with van der Waals surface area (Å²) < 4.78 is 5.50. The SMILES string of the molecule is Cc1onc(C2[C@H]3CN(C(=O)c4cc(C(C)C)[nH]n4)C[C@@H]23)c1-c1ccccn1. The molecule has 1 unspecified atom stereocenters. The third-order valence-electron chi connectivity index (χ3n) is 6.05. The molecular formula is C21H23N5O2. The molecule has 0 radical (unpaired) electrons. The van der Waals surface area contributed by atoms with E-state index in [9.17, 15) is 4.79 Å². The predicted molar refractivity (Wildman–Crippen MR) is 103 cm³/mol. The lowest BCUT2D eigenvalue weighted by Gasteiger charge is -2.18. The van der Waals surface area contributed by atoms with Gasteiger partial charge in [0, 0.05) is 30.9 Å². The van der Waals surface area contributed by atoms with Gasteiger partial charge in [-0.2, -0.15) is 5.10 Å². The number of pyridine rings is 1. The van der Waals surface area contributed by atoms with Crippen molar-refractivity contribution in [3.63, 3.8) is 0 Å². The van der Waals surface area contributed by atoms with Crippen molar-refractivity contribution < 1.29 is 9.32 Å². The van der Waals surface area contributed by atoms with Crippen LogP contribution in [-0.2, 0) is 0 Å². The maximum atomic E-state index is 12.8. The lowest BCUT2D eigenvalue weighted by Crippen LogP contribution is -2.31. The number of hydrogen-bond donors (Lipinski definition) is 1. The van der Waals surface area contributed by atoms with Gasteiger partial charge in [0.2, 0.25) is 0 Å². The first-order valence-electron chi connectivity index (χ1n) is 9.76. The summed E-state index contributed by atoms with van der Waals surface area (Å²) >= 11 is 0. The molecule has 0 aromatic carbocycles. The first-order chi connectivity index (χ1) is 13.5. The van der Waals surface area contributed by atoms with Crippen LogP contribution in [0.4, 0.5) is 0 Å². The lowest BCUT2D eigenvalue weighted by molar-refractivity contribution is 0.0766. The van der Waals surface area contributed by atoms with E-state index < -0.39 is 0 Å². The summed E-state index contributed by atoms with van der Waals surface area (Å²) in [6.45, 7) is 7.57. The molecule has 5 rings (SSSR count). The largest absolute Gasteiger partial charge is 0.361 e. The lowest BCUT2D eigenvalue weighted by atomic mass is 10.0. The third kappa shape index (κ3) is 2.65. The van der Waals surface area contributed by atoms with Crippen LogP contribution in [0.15, 0.2) is 35.0 Å². The molecule has 3 aromatic heterocycles. The summed E-state index contributed by atoms with van der Waals surface area (Å²) in [7, 11) is 0. The normalized spacial score (nSPS) is 23.3. The van der Waals surface area contributed by atoms with Crippen LogP contribution in [-0.4, -0.2) is 44.2 Å². The molecule has 0 spiro atoms. The average molecular weight is 377 g/mol. The van der Waals surface area contributed by atoms with Crippen molar-refractivity contribution in [1.82, 2.24) is 25.2 Å². The molecule has 1 aliphatic heterocycles. The van der Waals surface area contributed by atoms with Gasteiger partial charge < -0.3 is 9.42 Å². The summed E-state index contributed by atoms with van der Waals surface area (Å²) in [5.74, 6) is 2.33. The summed E-state index contributed by atoms with van der Waals surface area (Å²) in [6, 6.07) is 7.73. The Morgan fingerprint density at radius 2 is 2.07 bits per heavy atom. The zero-order valence-corrected chi connectivity index (χ0v) is 16.2. The van der Waals surface area contributed by atoms with Crippen LogP contribution >= 0.6 is 0 Å². The smallest absolute Gasteiger partial charge is 0.274 e. The Morgan fingerprint density at radius 3 is 2.71 bits per heavy atom. The molecular weight excluding hydrogens is 354 g/mol. The Balaban J connectivity index is 1.32. The fraction of sp³-hybridized carbons (Fsp3) is 0.429. The quantitative estimate of drug-likeness (QED) is 0.753. The fourth-order valence-electron chi connectivity index (χ4n) is 4.44. The van der Waals surface area contributed by atoms with E-state index in [4.69, 9.17) is 4.52 Å². The van der Waals surface area contributed by atoms with E-state index in [2.05, 4.69) is 34.2 Å². The Kier molecular flexibility index (Phi) is 3.86. The number of likely N-dealkylation sites (tertiary alicyclic amines) is 1. The van der Waals surface area contributed by atoms with E-state index >= 15 is 0 Å². The zero-order chi connectivity index (χ0) is 19.4. The fourth-order valence-corrected chi connectivity index (χ4v) is 4.44. The first-order valence-corrected chi connectivity index (χ1v) is 9.76. The number of fused-ring (bicyclic) bond motifs is 1. The van der Waals surface area contributed by atoms with Crippen molar-refractivity contribution in [2.45, 2.75) is 32.6 Å².